The lowest BCUT2D eigenvalue weighted by Crippen LogP contribution is -2.20. The lowest BCUT2D eigenvalue weighted by atomic mass is 10.2. The fourth-order valence-electron chi connectivity index (χ4n) is 3.46. The van der Waals surface area contributed by atoms with Crippen LogP contribution in [0, 0.1) is 5.92 Å². The van der Waals surface area contributed by atoms with E-state index in [2.05, 4.69) is 22.2 Å². The lowest BCUT2D eigenvalue weighted by molar-refractivity contribution is 0.773. The van der Waals surface area contributed by atoms with E-state index in [1.165, 1.54) is 0 Å². The Labute approximate surface area is 147 Å². The van der Waals surface area contributed by atoms with E-state index >= 15 is 0 Å². The number of hydrogen-bond acceptors (Lipinski definition) is 4. The first-order valence-corrected chi connectivity index (χ1v) is 8.51. The second kappa shape index (κ2) is 4.92. The van der Waals surface area contributed by atoms with Gasteiger partial charge in [-0.1, -0.05) is 29.8 Å². The van der Waals surface area contributed by atoms with Gasteiger partial charge in [-0.25, -0.2) is 4.98 Å². The number of fused-ring (bicyclic) bond motifs is 3. The molecule has 3 aromatic heterocycles. The number of imidazole rings is 1. The summed E-state index contributed by atoms with van der Waals surface area (Å²) in [4.78, 5) is 17.3. The molecule has 0 bridgehead atoms. The van der Waals surface area contributed by atoms with E-state index < -0.39 is 0 Å². The van der Waals surface area contributed by atoms with Crippen LogP contribution in [-0.2, 0) is 7.05 Å². The van der Waals surface area contributed by atoms with E-state index in [0.29, 0.717) is 33.7 Å². The first kappa shape index (κ1) is 14.7. The van der Waals surface area contributed by atoms with E-state index in [4.69, 9.17) is 11.6 Å². The monoisotopic (exact) mass is 354 g/mol. The van der Waals surface area contributed by atoms with E-state index in [1.54, 1.807) is 28.7 Å². The van der Waals surface area contributed by atoms with E-state index in [9.17, 15) is 4.79 Å². The molecule has 0 N–H and O–H groups in total. The van der Waals surface area contributed by atoms with E-state index in [0.717, 1.165) is 17.6 Å². The van der Waals surface area contributed by atoms with Gasteiger partial charge in [-0.15, -0.1) is 5.10 Å². The summed E-state index contributed by atoms with van der Waals surface area (Å²) in [6, 6.07) is 5.40. The molecule has 2 atom stereocenters. The summed E-state index contributed by atoms with van der Waals surface area (Å²) in [5, 5.41) is 9.41. The predicted molar refractivity (Wildman–Crippen MR) is 94.4 cm³/mol. The number of nitrogens with zero attached hydrogens (tertiary/aromatic N) is 6. The number of aryl methyl sites for hydroxylation is 1. The summed E-state index contributed by atoms with van der Waals surface area (Å²) in [6.45, 7) is 2.20. The van der Waals surface area contributed by atoms with Crippen molar-refractivity contribution < 1.29 is 0 Å². The average molecular weight is 355 g/mol. The van der Waals surface area contributed by atoms with Crippen LogP contribution in [0.1, 0.15) is 25.0 Å². The van der Waals surface area contributed by atoms with Crippen LogP contribution in [0.15, 0.2) is 35.5 Å². The summed E-state index contributed by atoms with van der Waals surface area (Å²) in [5.74, 6) is 1.71. The van der Waals surface area contributed by atoms with Crippen molar-refractivity contribution in [3.63, 3.8) is 0 Å². The fourth-order valence-corrected chi connectivity index (χ4v) is 3.71. The smallest absolute Gasteiger partial charge is 0.262 e. The van der Waals surface area contributed by atoms with Gasteiger partial charge in [0, 0.05) is 13.0 Å². The largest absolute Gasteiger partial charge is 0.294 e. The molecule has 25 heavy (non-hydrogen) atoms. The van der Waals surface area contributed by atoms with Crippen LogP contribution in [0.25, 0.3) is 22.4 Å². The normalized spacial score (nSPS) is 19.8. The zero-order chi connectivity index (χ0) is 17.3. The minimum absolute atomic E-state index is 0.161. The molecule has 1 fully saturated rings. The summed E-state index contributed by atoms with van der Waals surface area (Å²) >= 11 is 6.24. The molecule has 1 saturated carbocycles. The molecule has 0 aliphatic heterocycles. The topological polar surface area (TPSA) is 70.0 Å². The Morgan fingerprint density at radius 3 is 2.88 bits per heavy atom. The van der Waals surface area contributed by atoms with Crippen LogP contribution >= 0.6 is 11.6 Å². The first-order valence-electron chi connectivity index (χ1n) is 8.13. The zero-order valence-electron chi connectivity index (χ0n) is 13.7. The minimum Gasteiger partial charge on any atom is -0.294 e. The molecule has 1 aliphatic carbocycles. The van der Waals surface area contributed by atoms with Crippen LogP contribution in [0.3, 0.4) is 0 Å². The van der Waals surface area contributed by atoms with Crippen LogP contribution in [0.2, 0.25) is 5.02 Å². The van der Waals surface area contributed by atoms with Gasteiger partial charge in [0.1, 0.15) is 6.33 Å². The molecule has 8 heteroatoms. The van der Waals surface area contributed by atoms with Gasteiger partial charge in [0.2, 0.25) is 0 Å². The first-order chi connectivity index (χ1) is 12.1. The molecular weight excluding hydrogens is 340 g/mol. The third kappa shape index (κ3) is 1.99. The highest BCUT2D eigenvalue weighted by Crippen LogP contribution is 2.45. The molecule has 0 amide bonds. The van der Waals surface area contributed by atoms with Gasteiger partial charge in [0.25, 0.3) is 5.56 Å². The molecule has 126 valence electrons. The van der Waals surface area contributed by atoms with Crippen molar-refractivity contribution in [2.24, 2.45) is 13.0 Å². The van der Waals surface area contributed by atoms with Gasteiger partial charge in [-0.05, 0) is 24.5 Å². The van der Waals surface area contributed by atoms with Gasteiger partial charge in [-0.2, -0.15) is 4.68 Å². The van der Waals surface area contributed by atoms with Gasteiger partial charge >= 0.3 is 0 Å². The molecular formula is C17H15ClN6O. The molecule has 1 aliphatic rings. The SMILES string of the molecule is CC1CC1c1cn(-c2ncn3c4cccc(Cl)c4c(=O)n(C)c23)nn1. The van der Waals surface area contributed by atoms with E-state index in [1.807, 2.05) is 22.7 Å². The quantitative estimate of drug-likeness (QED) is 0.554. The number of hydrogen-bond donors (Lipinski definition) is 0. The zero-order valence-corrected chi connectivity index (χ0v) is 14.5. The second-order valence-electron chi connectivity index (χ2n) is 6.67. The summed E-state index contributed by atoms with van der Waals surface area (Å²) in [6.07, 6.45) is 4.73. The van der Waals surface area contributed by atoms with Crippen molar-refractivity contribution in [3.8, 4) is 5.82 Å². The Hall–Kier alpha value is -2.67. The number of halogens is 1. The predicted octanol–water partition coefficient (Wildman–Crippen LogP) is 2.54. The maximum atomic E-state index is 12.8. The van der Waals surface area contributed by atoms with Crippen molar-refractivity contribution >= 4 is 28.2 Å². The molecule has 1 aromatic carbocycles. The third-order valence-electron chi connectivity index (χ3n) is 5.03. The highest BCUT2D eigenvalue weighted by molar-refractivity contribution is 6.35. The van der Waals surface area contributed by atoms with Crippen molar-refractivity contribution in [1.29, 1.82) is 0 Å². The lowest BCUT2D eigenvalue weighted by Gasteiger charge is -2.09. The molecule has 7 nitrogen and oxygen atoms in total. The van der Waals surface area contributed by atoms with Crippen LogP contribution in [0.4, 0.5) is 0 Å². The molecule has 0 spiro atoms. The Bertz CT molecular complexity index is 1200. The highest BCUT2D eigenvalue weighted by atomic mass is 35.5. The number of benzene rings is 1. The Kier molecular flexibility index (Phi) is 2.88. The fraction of sp³-hybridized carbons (Fsp3) is 0.294. The average Bonchev–Trinajstić information content (AvgIpc) is 3.03. The maximum absolute atomic E-state index is 12.8. The van der Waals surface area contributed by atoms with Gasteiger partial charge in [0.05, 0.1) is 27.8 Å². The van der Waals surface area contributed by atoms with Gasteiger partial charge in [-0.3, -0.25) is 13.8 Å². The third-order valence-corrected chi connectivity index (χ3v) is 5.34. The molecule has 3 heterocycles. The molecule has 4 aromatic rings. The van der Waals surface area contributed by atoms with Crippen LogP contribution in [0.5, 0.6) is 0 Å². The van der Waals surface area contributed by atoms with Crippen molar-refractivity contribution in [1.82, 2.24) is 28.9 Å². The van der Waals surface area contributed by atoms with Crippen molar-refractivity contribution in [2.75, 3.05) is 0 Å². The van der Waals surface area contributed by atoms with Gasteiger partial charge in [0.15, 0.2) is 11.5 Å². The molecule has 2 unspecified atom stereocenters. The highest BCUT2D eigenvalue weighted by Gasteiger charge is 2.36. The standard InChI is InChI=1S/C17H15ClN6O/c1-9-6-10(9)12-7-24(21-20-12)15-16-22(2)17(25)14-11(18)4-3-5-13(14)23(16)8-19-15/h3-5,7-10H,6H2,1-2H3. The Morgan fingerprint density at radius 1 is 1.32 bits per heavy atom. The van der Waals surface area contributed by atoms with E-state index in [-0.39, 0.29) is 5.56 Å². The molecule has 0 saturated heterocycles. The van der Waals surface area contributed by atoms with Crippen LogP contribution in [-0.4, -0.2) is 28.9 Å². The van der Waals surface area contributed by atoms with Gasteiger partial charge < -0.3 is 0 Å². The Balaban J connectivity index is 1.80. The number of aromatic nitrogens is 6. The summed E-state index contributed by atoms with van der Waals surface area (Å²) in [7, 11) is 1.71. The summed E-state index contributed by atoms with van der Waals surface area (Å²) in [5.41, 5.74) is 2.19. The number of rotatable bonds is 2. The van der Waals surface area contributed by atoms with Crippen molar-refractivity contribution in [2.45, 2.75) is 19.3 Å². The maximum Gasteiger partial charge on any atom is 0.262 e. The molecule has 5 rings (SSSR count). The van der Waals surface area contributed by atoms with Crippen LogP contribution < -0.4 is 5.56 Å². The minimum atomic E-state index is -0.161. The Morgan fingerprint density at radius 2 is 2.12 bits per heavy atom. The summed E-state index contributed by atoms with van der Waals surface area (Å²) < 4.78 is 5.06. The molecule has 0 radical (unpaired) electrons. The second-order valence-corrected chi connectivity index (χ2v) is 7.07. The van der Waals surface area contributed by atoms with Crippen molar-refractivity contribution in [3.05, 3.63) is 51.8 Å².